The summed E-state index contributed by atoms with van der Waals surface area (Å²) < 4.78 is 5.03. The molecule has 1 heterocycles. The Bertz CT molecular complexity index is 265. The van der Waals surface area contributed by atoms with E-state index in [9.17, 15) is 0 Å². The van der Waals surface area contributed by atoms with Crippen LogP contribution >= 0.6 is 15.9 Å². The van der Waals surface area contributed by atoms with Crippen molar-refractivity contribution in [2.75, 3.05) is 13.7 Å². The van der Waals surface area contributed by atoms with Crippen molar-refractivity contribution in [1.29, 1.82) is 0 Å². The van der Waals surface area contributed by atoms with Gasteiger partial charge in [0.05, 0.1) is 6.61 Å². The fourth-order valence-electron chi connectivity index (χ4n) is 1.18. The van der Waals surface area contributed by atoms with Crippen LogP contribution in [-0.4, -0.2) is 23.5 Å². The Balaban J connectivity index is 2.53. The van der Waals surface area contributed by atoms with Crippen LogP contribution in [0.2, 0.25) is 0 Å². The van der Waals surface area contributed by atoms with Gasteiger partial charge >= 0.3 is 0 Å². The normalized spacial score (nSPS) is 12.8. The standard InChI is InChI=1S/C10H14BrNO/c1-8-4-3-5-10(12-8)6-9(11)7-13-2/h3-5,9H,6-7H2,1-2H3. The molecule has 0 saturated carbocycles. The van der Waals surface area contributed by atoms with E-state index in [-0.39, 0.29) is 0 Å². The molecule has 1 aromatic rings. The number of nitrogens with zero attached hydrogens (tertiary/aromatic N) is 1. The molecule has 3 heteroatoms. The maximum absolute atomic E-state index is 5.03. The number of alkyl halides is 1. The Hall–Kier alpha value is -0.410. The van der Waals surface area contributed by atoms with Crippen molar-refractivity contribution in [2.45, 2.75) is 18.2 Å². The molecule has 1 rings (SSSR count). The van der Waals surface area contributed by atoms with Gasteiger partial charge < -0.3 is 4.74 Å². The summed E-state index contributed by atoms with van der Waals surface area (Å²) >= 11 is 3.53. The van der Waals surface area contributed by atoms with E-state index in [1.165, 1.54) is 0 Å². The topological polar surface area (TPSA) is 22.1 Å². The Morgan fingerprint density at radius 2 is 2.31 bits per heavy atom. The molecule has 1 unspecified atom stereocenters. The molecule has 0 aliphatic carbocycles. The minimum Gasteiger partial charge on any atom is -0.384 e. The van der Waals surface area contributed by atoms with E-state index in [0.717, 1.165) is 24.4 Å². The molecule has 0 aromatic carbocycles. The largest absolute Gasteiger partial charge is 0.384 e. The summed E-state index contributed by atoms with van der Waals surface area (Å²) in [6, 6.07) is 6.07. The number of halogens is 1. The minimum absolute atomic E-state index is 0.354. The quantitative estimate of drug-likeness (QED) is 0.758. The first-order chi connectivity index (χ1) is 6.22. The molecule has 0 aliphatic rings. The summed E-state index contributed by atoms with van der Waals surface area (Å²) in [7, 11) is 1.71. The van der Waals surface area contributed by atoms with Crippen molar-refractivity contribution in [3.8, 4) is 0 Å². The van der Waals surface area contributed by atoms with Gasteiger partial charge in [0.1, 0.15) is 0 Å². The molecule has 0 bridgehead atoms. The van der Waals surface area contributed by atoms with Gasteiger partial charge in [-0.05, 0) is 19.1 Å². The lowest BCUT2D eigenvalue weighted by Gasteiger charge is -2.07. The van der Waals surface area contributed by atoms with Gasteiger partial charge in [-0.1, -0.05) is 22.0 Å². The van der Waals surface area contributed by atoms with Crippen molar-refractivity contribution < 1.29 is 4.74 Å². The van der Waals surface area contributed by atoms with Crippen molar-refractivity contribution in [2.24, 2.45) is 0 Å². The zero-order chi connectivity index (χ0) is 9.68. The van der Waals surface area contributed by atoms with Gasteiger partial charge in [-0.2, -0.15) is 0 Å². The first-order valence-electron chi connectivity index (χ1n) is 4.28. The van der Waals surface area contributed by atoms with Crippen LogP contribution in [0.1, 0.15) is 11.4 Å². The van der Waals surface area contributed by atoms with Crippen molar-refractivity contribution in [3.05, 3.63) is 29.6 Å². The number of aromatic nitrogens is 1. The molecule has 0 spiro atoms. The summed E-state index contributed by atoms with van der Waals surface area (Å²) in [6.45, 7) is 2.72. The highest BCUT2D eigenvalue weighted by atomic mass is 79.9. The molecular formula is C10H14BrNO. The highest BCUT2D eigenvalue weighted by Crippen LogP contribution is 2.08. The van der Waals surface area contributed by atoms with Crippen molar-refractivity contribution in [3.63, 3.8) is 0 Å². The predicted octanol–water partition coefficient (Wildman–Crippen LogP) is 2.34. The molecule has 1 atom stereocenters. The highest BCUT2D eigenvalue weighted by Gasteiger charge is 2.05. The van der Waals surface area contributed by atoms with Crippen LogP contribution in [-0.2, 0) is 11.2 Å². The zero-order valence-electron chi connectivity index (χ0n) is 7.96. The third-order valence-electron chi connectivity index (χ3n) is 1.72. The molecule has 0 aliphatic heterocycles. The first-order valence-corrected chi connectivity index (χ1v) is 5.19. The van der Waals surface area contributed by atoms with Crippen molar-refractivity contribution >= 4 is 15.9 Å². The average molecular weight is 244 g/mol. The molecule has 13 heavy (non-hydrogen) atoms. The van der Waals surface area contributed by atoms with Gasteiger partial charge in [-0.15, -0.1) is 0 Å². The smallest absolute Gasteiger partial charge is 0.0591 e. The molecular weight excluding hydrogens is 230 g/mol. The van der Waals surface area contributed by atoms with E-state index < -0.39 is 0 Å². The molecule has 72 valence electrons. The Morgan fingerprint density at radius 3 is 2.92 bits per heavy atom. The lowest BCUT2D eigenvalue weighted by molar-refractivity contribution is 0.200. The second kappa shape index (κ2) is 5.35. The number of rotatable bonds is 4. The molecule has 0 amide bonds. The van der Waals surface area contributed by atoms with Crippen molar-refractivity contribution in [1.82, 2.24) is 4.98 Å². The third-order valence-corrected chi connectivity index (χ3v) is 2.31. The van der Waals surface area contributed by atoms with Gasteiger partial charge in [0.25, 0.3) is 0 Å². The number of methoxy groups -OCH3 is 1. The molecule has 0 N–H and O–H groups in total. The fourth-order valence-corrected chi connectivity index (χ4v) is 1.78. The predicted molar refractivity (Wildman–Crippen MR) is 57.3 cm³/mol. The average Bonchev–Trinajstić information content (AvgIpc) is 2.04. The summed E-state index contributed by atoms with van der Waals surface area (Å²) in [5, 5.41) is 0. The maximum atomic E-state index is 5.03. The summed E-state index contributed by atoms with van der Waals surface area (Å²) in [4.78, 5) is 4.76. The van der Waals surface area contributed by atoms with Crippen LogP contribution < -0.4 is 0 Å². The Labute approximate surface area is 87.5 Å². The van der Waals surface area contributed by atoms with E-state index in [0.29, 0.717) is 4.83 Å². The van der Waals surface area contributed by atoms with Gasteiger partial charge in [0.2, 0.25) is 0 Å². The number of pyridine rings is 1. The Morgan fingerprint density at radius 1 is 1.54 bits per heavy atom. The molecule has 0 radical (unpaired) electrons. The van der Waals surface area contributed by atoms with E-state index in [2.05, 4.69) is 20.9 Å². The van der Waals surface area contributed by atoms with E-state index in [1.54, 1.807) is 7.11 Å². The van der Waals surface area contributed by atoms with Gasteiger partial charge in [-0.3, -0.25) is 4.98 Å². The summed E-state index contributed by atoms with van der Waals surface area (Å²) in [5.41, 5.74) is 2.17. The second-order valence-electron chi connectivity index (χ2n) is 3.03. The highest BCUT2D eigenvalue weighted by molar-refractivity contribution is 9.09. The minimum atomic E-state index is 0.354. The second-order valence-corrected chi connectivity index (χ2v) is 4.32. The van der Waals surface area contributed by atoms with E-state index in [1.807, 2.05) is 25.1 Å². The third kappa shape index (κ3) is 3.87. The SMILES string of the molecule is COCC(Br)Cc1cccc(C)n1. The van der Waals surface area contributed by atoms with Crippen LogP contribution in [0, 0.1) is 6.92 Å². The number of ether oxygens (including phenoxy) is 1. The first kappa shape index (κ1) is 10.7. The molecule has 2 nitrogen and oxygen atoms in total. The number of aryl methyl sites for hydroxylation is 1. The fraction of sp³-hybridized carbons (Fsp3) is 0.500. The van der Waals surface area contributed by atoms with Crippen LogP contribution in [0.3, 0.4) is 0 Å². The summed E-state index contributed by atoms with van der Waals surface area (Å²) in [5.74, 6) is 0. The number of hydrogen-bond acceptors (Lipinski definition) is 2. The molecule has 0 fully saturated rings. The van der Waals surface area contributed by atoms with Crippen LogP contribution in [0.25, 0.3) is 0 Å². The lowest BCUT2D eigenvalue weighted by Crippen LogP contribution is -2.11. The number of hydrogen-bond donors (Lipinski definition) is 0. The van der Waals surface area contributed by atoms with E-state index >= 15 is 0 Å². The summed E-state index contributed by atoms with van der Waals surface area (Å²) in [6.07, 6.45) is 0.912. The van der Waals surface area contributed by atoms with Crippen LogP contribution in [0.4, 0.5) is 0 Å². The van der Waals surface area contributed by atoms with Crippen LogP contribution in [0.5, 0.6) is 0 Å². The maximum Gasteiger partial charge on any atom is 0.0591 e. The van der Waals surface area contributed by atoms with Crippen LogP contribution in [0.15, 0.2) is 18.2 Å². The Kier molecular flexibility index (Phi) is 4.39. The molecule has 0 saturated heterocycles. The zero-order valence-corrected chi connectivity index (χ0v) is 9.54. The van der Waals surface area contributed by atoms with E-state index in [4.69, 9.17) is 4.74 Å². The monoisotopic (exact) mass is 243 g/mol. The van der Waals surface area contributed by atoms with Gasteiger partial charge in [0.15, 0.2) is 0 Å². The van der Waals surface area contributed by atoms with Gasteiger partial charge in [0, 0.05) is 29.7 Å². The molecule has 1 aromatic heterocycles. The van der Waals surface area contributed by atoms with Gasteiger partial charge in [-0.25, -0.2) is 0 Å². The lowest BCUT2D eigenvalue weighted by atomic mass is 10.2.